The number of furan rings is 1. The highest BCUT2D eigenvalue weighted by Crippen LogP contribution is 2.40. The van der Waals surface area contributed by atoms with Gasteiger partial charge in [0.2, 0.25) is 0 Å². The zero-order valence-electron chi connectivity index (χ0n) is 17.7. The van der Waals surface area contributed by atoms with Crippen molar-refractivity contribution >= 4 is 38.7 Å². The van der Waals surface area contributed by atoms with Crippen LogP contribution in [0.15, 0.2) is 43.2 Å². The quantitative estimate of drug-likeness (QED) is 0.238. The standard InChI is InChI=1S/C20H22ClN3O7S/c1-5-12(14-9-6-10(2)31-14)22-15-16(19(27)18(15)26)23-13-8-7-11(21)20(17(13)25)32(28,29)24(3)30-4/h6-9,12,22-23,25H,5H2,1-4H3. The van der Waals surface area contributed by atoms with Gasteiger partial charge in [0.05, 0.1) is 23.9 Å². The first-order valence-electron chi connectivity index (χ1n) is 9.50. The van der Waals surface area contributed by atoms with Crippen LogP contribution in [0.5, 0.6) is 5.75 Å². The highest BCUT2D eigenvalue weighted by molar-refractivity contribution is 7.89. The molecule has 3 rings (SSSR count). The number of sulfonamides is 1. The molecule has 1 unspecified atom stereocenters. The molecule has 0 aliphatic rings. The fourth-order valence-corrected chi connectivity index (χ4v) is 4.66. The summed E-state index contributed by atoms with van der Waals surface area (Å²) in [7, 11) is -2.03. The van der Waals surface area contributed by atoms with Crippen molar-refractivity contribution in [1.29, 1.82) is 0 Å². The van der Waals surface area contributed by atoms with E-state index in [2.05, 4.69) is 10.6 Å². The highest BCUT2D eigenvalue weighted by Gasteiger charge is 2.31. The van der Waals surface area contributed by atoms with Crippen molar-refractivity contribution < 1.29 is 22.8 Å². The van der Waals surface area contributed by atoms with Crippen LogP contribution in [0.3, 0.4) is 0 Å². The molecule has 12 heteroatoms. The second-order valence-electron chi connectivity index (χ2n) is 6.96. The van der Waals surface area contributed by atoms with E-state index >= 15 is 0 Å². The van der Waals surface area contributed by atoms with E-state index in [9.17, 15) is 23.1 Å². The van der Waals surface area contributed by atoms with Gasteiger partial charge in [-0.1, -0.05) is 23.0 Å². The molecule has 1 heterocycles. The van der Waals surface area contributed by atoms with Gasteiger partial charge in [-0.05, 0) is 37.6 Å². The van der Waals surface area contributed by atoms with Crippen LogP contribution in [0.4, 0.5) is 17.1 Å². The summed E-state index contributed by atoms with van der Waals surface area (Å²) in [5.41, 5.74) is -1.80. The lowest BCUT2D eigenvalue weighted by atomic mass is 10.1. The van der Waals surface area contributed by atoms with Gasteiger partial charge in [-0.25, -0.2) is 8.42 Å². The number of aromatic hydroxyl groups is 1. The SMILES string of the molecule is CCC(Nc1c(Nc2ccc(Cl)c(S(=O)(=O)N(C)OC)c2O)c(=O)c1=O)c1ccc(C)o1. The minimum atomic E-state index is -4.30. The molecular formula is C20H22ClN3O7S. The summed E-state index contributed by atoms with van der Waals surface area (Å²) in [5.74, 6) is 0.563. The van der Waals surface area contributed by atoms with Crippen molar-refractivity contribution in [3.8, 4) is 5.75 Å². The number of anilines is 3. The van der Waals surface area contributed by atoms with E-state index in [1.807, 2.05) is 6.92 Å². The second kappa shape index (κ2) is 8.94. The van der Waals surface area contributed by atoms with Crippen LogP contribution in [-0.4, -0.2) is 32.2 Å². The summed E-state index contributed by atoms with van der Waals surface area (Å²) in [6, 6.07) is 5.70. The monoisotopic (exact) mass is 483 g/mol. The Kier molecular flexibility index (Phi) is 6.65. The minimum absolute atomic E-state index is 0.00340. The Morgan fingerprint density at radius 2 is 1.84 bits per heavy atom. The Labute approximate surface area is 189 Å². The summed E-state index contributed by atoms with van der Waals surface area (Å²) >= 11 is 6.00. The lowest BCUT2D eigenvalue weighted by molar-refractivity contribution is -0.0259. The van der Waals surface area contributed by atoms with E-state index in [1.165, 1.54) is 12.1 Å². The summed E-state index contributed by atoms with van der Waals surface area (Å²) in [4.78, 5) is 28.5. The molecule has 32 heavy (non-hydrogen) atoms. The van der Waals surface area contributed by atoms with E-state index in [0.29, 0.717) is 22.4 Å². The molecule has 0 amide bonds. The van der Waals surface area contributed by atoms with Crippen molar-refractivity contribution in [2.75, 3.05) is 24.8 Å². The van der Waals surface area contributed by atoms with Crippen molar-refractivity contribution in [2.45, 2.75) is 31.2 Å². The normalized spacial score (nSPS) is 12.9. The number of nitrogens with one attached hydrogen (secondary N) is 2. The number of hydrogen-bond donors (Lipinski definition) is 3. The molecule has 0 spiro atoms. The maximum absolute atomic E-state index is 12.6. The number of benzene rings is 1. The summed E-state index contributed by atoms with van der Waals surface area (Å²) in [6.07, 6.45) is 0.559. The van der Waals surface area contributed by atoms with E-state index < -0.39 is 31.5 Å². The first-order valence-corrected chi connectivity index (χ1v) is 11.3. The van der Waals surface area contributed by atoms with Crippen LogP contribution in [0.2, 0.25) is 5.02 Å². The fourth-order valence-electron chi connectivity index (χ4n) is 3.09. The van der Waals surface area contributed by atoms with Crippen LogP contribution in [-0.2, 0) is 14.9 Å². The molecule has 1 atom stereocenters. The van der Waals surface area contributed by atoms with Crippen molar-refractivity contribution in [3.05, 3.63) is 61.3 Å². The number of hydrogen-bond acceptors (Lipinski definition) is 9. The van der Waals surface area contributed by atoms with Crippen LogP contribution < -0.4 is 21.5 Å². The largest absolute Gasteiger partial charge is 0.504 e. The van der Waals surface area contributed by atoms with E-state index in [-0.39, 0.29) is 28.1 Å². The summed E-state index contributed by atoms with van der Waals surface area (Å²) in [6.45, 7) is 3.67. The number of halogens is 1. The van der Waals surface area contributed by atoms with Gasteiger partial charge >= 0.3 is 0 Å². The minimum Gasteiger partial charge on any atom is -0.504 e. The predicted molar refractivity (Wildman–Crippen MR) is 120 cm³/mol. The number of nitrogens with zero attached hydrogens (tertiary/aromatic N) is 1. The molecule has 0 aliphatic heterocycles. The Hall–Kier alpha value is -2.86. The molecule has 172 valence electrons. The highest BCUT2D eigenvalue weighted by atomic mass is 35.5. The summed E-state index contributed by atoms with van der Waals surface area (Å²) < 4.78 is 31.4. The van der Waals surface area contributed by atoms with Gasteiger partial charge in [0.25, 0.3) is 20.9 Å². The molecule has 3 aromatic rings. The fraction of sp³-hybridized carbons (Fsp3) is 0.300. The smallest absolute Gasteiger partial charge is 0.269 e. The Morgan fingerprint density at radius 3 is 2.41 bits per heavy atom. The molecule has 0 saturated heterocycles. The third-order valence-corrected chi connectivity index (χ3v) is 7.12. The van der Waals surface area contributed by atoms with Gasteiger partial charge in [0, 0.05) is 7.05 Å². The average Bonchev–Trinajstić information content (AvgIpc) is 3.19. The van der Waals surface area contributed by atoms with Gasteiger partial charge in [0.15, 0.2) is 5.75 Å². The van der Waals surface area contributed by atoms with Gasteiger partial charge in [-0.2, -0.15) is 0 Å². The number of hydroxylamine groups is 1. The Balaban J connectivity index is 1.98. The Morgan fingerprint density at radius 1 is 1.19 bits per heavy atom. The van der Waals surface area contributed by atoms with Crippen LogP contribution >= 0.6 is 11.6 Å². The van der Waals surface area contributed by atoms with Crippen LogP contribution in [0.1, 0.15) is 30.9 Å². The van der Waals surface area contributed by atoms with Gasteiger partial charge in [-0.3, -0.25) is 14.4 Å². The Bertz CT molecular complexity index is 1330. The zero-order valence-corrected chi connectivity index (χ0v) is 19.3. The van der Waals surface area contributed by atoms with E-state index in [0.717, 1.165) is 14.2 Å². The number of phenolic OH excluding ortho intramolecular Hbond substituents is 1. The third kappa shape index (κ3) is 4.11. The summed E-state index contributed by atoms with van der Waals surface area (Å²) in [5, 5.41) is 16.0. The van der Waals surface area contributed by atoms with Crippen LogP contribution in [0.25, 0.3) is 0 Å². The molecule has 2 aromatic carbocycles. The number of rotatable bonds is 9. The second-order valence-corrected chi connectivity index (χ2v) is 9.24. The predicted octanol–water partition coefficient (Wildman–Crippen LogP) is 3.03. The van der Waals surface area contributed by atoms with Crippen LogP contribution in [0, 0.1) is 6.92 Å². The van der Waals surface area contributed by atoms with Crippen molar-refractivity contribution in [2.24, 2.45) is 0 Å². The molecule has 3 N–H and O–H groups in total. The van der Waals surface area contributed by atoms with E-state index in [1.54, 1.807) is 19.1 Å². The number of phenols is 1. The van der Waals surface area contributed by atoms with Gasteiger partial charge in [0.1, 0.15) is 27.8 Å². The van der Waals surface area contributed by atoms with Gasteiger partial charge < -0.3 is 20.2 Å². The third-order valence-electron chi connectivity index (χ3n) is 4.94. The topological polar surface area (TPSA) is 138 Å². The molecule has 0 radical (unpaired) electrons. The van der Waals surface area contributed by atoms with E-state index in [4.69, 9.17) is 20.9 Å². The molecule has 1 aromatic heterocycles. The molecule has 0 aliphatic carbocycles. The molecule has 0 bridgehead atoms. The zero-order chi connectivity index (χ0) is 23.8. The lowest BCUT2D eigenvalue weighted by Gasteiger charge is -2.21. The van der Waals surface area contributed by atoms with Crippen molar-refractivity contribution in [3.63, 3.8) is 0 Å². The van der Waals surface area contributed by atoms with Gasteiger partial charge in [-0.15, -0.1) is 0 Å². The first-order chi connectivity index (χ1) is 15.0. The molecular weight excluding hydrogens is 462 g/mol. The molecule has 0 saturated carbocycles. The first kappa shape index (κ1) is 23.8. The average molecular weight is 484 g/mol. The maximum Gasteiger partial charge on any atom is 0.269 e. The lowest BCUT2D eigenvalue weighted by Crippen LogP contribution is -2.37. The molecule has 10 nitrogen and oxygen atoms in total. The number of aryl methyl sites for hydroxylation is 1. The molecule has 0 fully saturated rings. The maximum atomic E-state index is 12.6. The van der Waals surface area contributed by atoms with Crippen molar-refractivity contribution in [1.82, 2.24) is 4.47 Å².